The van der Waals surface area contributed by atoms with Gasteiger partial charge in [0.2, 0.25) is 15.9 Å². The first-order valence-electron chi connectivity index (χ1n) is 7.01. The average molecular weight is 310 g/mol. The zero-order valence-electron chi connectivity index (χ0n) is 11.6. The van der Waals surface area contributed by atoms with Crippen molar-refractivity contribution in [2.45, 2.75) is 17.4 Å². The number of nitrogens with zero attached hydrogens (tertiary/aromatic N) is 3. The van der Waals surface area contributed by atoms with Gasteiger partial charge in [-0.05, 0) is 18.6 Å². The van der Waals surface area contributed by atoms with Crippen LogP contribution in [0.3, 0.4) is 0 Å². The molecule has 1 atom stereocenters. The Labute approximate surface area is 124 Å². The second-order valence-corrected chi connectivity index (χ2v) is 7.19. The van der Waals surface area contributed by atoms with Crippen LogP contribution in [0.15, 0.2) is 29.4 Å². The fraction of sp³-hybridized carbons (Fsp3) is 0.538. The number of amides is 1. The van der Waals surface area contributed by atoms with E-state index in [0.29, 0.717) is 13.1 Å². The molecule has 2 aliphatic heterocycles. The van der Waals surface area contributed by atoms with Crippen LogP contribution in [0.2, 0.25) is 0 Å². The number of nitrogens with one attached hydrogen (secondary N) is 1. The summed E-state index contributed by atoms with van der Waals surface area (Å²) in [4.78, 5) is 18.1. The number of rotatable bonds is 2. The quantitative estimate of drug-likeness (QED) is 0.779. The van der Waals surface area contributed by atoms with E-state index in [1.54, 1.807) is 6.07 Å². The molecule has 2 aliphatic rings. The van der Waals surface area contributed by atoms with E-state index in [1.807, 2.05) is 0 Å². The van der Waals surface area contributed by atoms with E-state index in [2.05, 4.69) is 15.2 Å². The normalized spacial score (nSPS) is 25.0. The van der Waals surface area contributed by atoms with E-state index < -0.39 is 16.1 Å². The largest absolute Gasteiger partial charge is 0.353 e. The maximum atomic E-state index is 12.7. The maximum absolute atomic E-state index is 12.7. The molecule has 1 aromatic heterocycles. The van der Waals surface area contributed by atoms with Crippen LogP contribution < -0.4 is 5.32 Å². The van der Waals surface area contributed by atoms with Crippen molar-refractivity contribution in [3.05, 3.63) is 24.5 Å². The van der Waals surface area contributed by atoms with E-state index in [1.165, 1.54) is 22.8 Å². The van der Waals surface area contributed by atoms with Gasteiger partial charge < -0.3 is 5.32 Å². The third kappa shape index (κ3) is 2.78. The molecule has 0 radical (unpaired) electrons. The molecule has 2 fully saturated rings. The molecule has 1 N–H and O–H groups in total. The Bertz CT molecular complexity index is 620. The van der Waals surface area contributed by atoms with Gasteiger partial charge in [-0.3, -0.25) is 14.7 Å². The molecule has 114 valence electrons. The summed E-state index contributed by atoms with van der Waals surface area (Å²) in [5.74, 6) is -0.0884. The standard InChI is InChI=1S/C13H18N4O3S/c18-13-12-10-17(7-2-6-16(12)8-5-15-13)21(19,20)11-3-1-4-14-9-11/h1,3-4,9,12H,2,5-8,10H2,(H,15,18). The number of fused-ring (bicyclic) bond motifs is 1. The minimum Gasteiger partial charge on any atom is -0.353 e. The van der Waals surface area contributed by atoms with E-state index in [-0.39, 0.29) is 17.3 Å². The Kier molecular flexibility index (Phi) is 3.92. The molecule has 0 aromatic carbocycles. The zero-order chi connectivity index (χ0) is 14.9. The van der Waals surface area contributed by atoms with Gasteiger partial charge >= 0.3 is 0 Å². The van der Waals surface area contributed by atoms with Gasteiger partial charge in [0.15, 0.2) is 0 Å². The van der Waals surface area contributed by atoms with Crippen molar-refractivity contribution in [1.29, 1.82) is 0 Å². The summed E-state index contributed by atoms with van der Waals surface area (Å²) in [6, 6.07) is 2.74. The van der Waals surface area contributed by atoms with Gasteiger partial charge in [0.25, 0.3) is 0 Å². The molecule has 0 aliphatic carbocycles. The number of sulfonamides is 1. The predicted octanol–water partition coefficient (Wildman–Crippen LogP) is -0.724. The van der Waals surface area contributed by atoms with Crippen LogP contribution in [0.5, 0.6) is 0 Å². The third-order valence-corrected chi connectivity index (χ3v) is 5.79. The minimum atomic E-state index is -3.60. The van der Waals surface area contributed by atoms with E-state index in [9.17, 15) is 13.2 Å². The summed E-state index contributed by atoms with van der Waals surface area (Å²) in [6.07, 6.45) is 3.61. The molecule has 0 saturated carbocycles. The Morgan fingerprint density at radius 3 is 2.90 bits per heavy atom. The minimum absolute atomic E-state index is 0.0884. The average Bonchev–Trinajstić information content (AvgIpc) is 2.72. The van der Waals surface area contributed by atoms with Crippen molar-refractivity contribution in [3.8, 4) is 0 Å². The predicted molar refractivity (Wildman–Crippen MR) is 76.0 cm³/mol. The molecule has 3 rings (SSSR count). The Morgan fingerprint density at radius 2 is 2.14 bits per heavy atom. The molecule has 8 heteroatoms. The summed E-state index contributed by atoms with van der Waals surface area (Å²) < 4.78 is 26.7. The molecule has 1 unspecified atom stereocenters. The van der Waals surface area contributed by atoms with Gasteiger partial charge in [-0.25, -0.2) is 8.42 Å². The molecule has 7 nitrogen and oxygen atoms in total. The molecular weight excluding hydrogens is 292 g/mol. The lowest BCUT2D eigenvalue weighted by molar-refractivity contribution is -0.128. The van der Waals surface area contributed by atoms with Crippen LogP contribution in [-0.2, 0) is 14.8 Å². The maximum Gasteiger partial charge on any atom is 0.244 e. The monoisotopic (exact) mass is 310 g/mol. The highest BCUT2D eigenvalue weighted by molar-refractivity contribution is 7.89. The lowest BCUT2D eigenvalue weighted by Gasteiger charge is -2.34. The van der Waals surface area contributed by atoms with Crippen molar-refractivity contribution in [3.63, 3.8) is 0 Å². The number of piperazine rings is 1. The number of carbonyl (C=O) groups excluding carboxylic acids is 1. The lowest BCUT2D eigenvalue weighted by Crippen LogP contribution is -2.58. The van der Waals surface area contributed by atoms with Crippen LogP contribution in [0, 0.1) is 0 Å². The summed E-state index contributed by atoms with van der Waals surface area (Å²) in [5, 5.41) is 2.81. The van der Waals surface area contributed by atoms with E-state index in [4.69, 9.17) is 0 Å². The number of carbonyl (C=O) groups is 1. The van der Waals surface area contributed by atoms with Gasteiger partial charge in [0, 0.05) is 45.1 Å². The molecule has 1 aromatic rings. The van der Waals surface area contributed by atoms with E-state index in [0.717, 1.165) is 19.5 Å². The number of pyridine rings is 1. The van der Waals surface area contributed by atoms with Crippen molar-refractivity contribution in [1.82, 2.24) is 19.5 Å². The lowest BCUT2D eigenvalue weighted by atomic mass is 10.2. The molecule has 2 saturated heterocycles. The highest BCUT2D eigenvalue weighted by Crippen LogP contribution is 2.20. The molecule has 0 spiro atoms. The van der Waals surface area contributed by atoms with Gasteiger partial charge in [-0.1, -0.05) is 0 Å². The van der Waals surface area contributed by atoms with Crippen LogP contribution in [0.1, 0.15) is 6.42 Å². The summed E-state index contributed by atoms with van der Waals surface area (Å²) in [6.45, 7) is 2.78. The van der Waals surface area contributed by atoms with Gasteiger partial charge in [0.05, 0.1) is 0 Å². The number of hydrogen-bond acceptors (Lipinski definition) is 5. The van der Waals surface area contributed by atoms with Crippen molar-refractivity contribution >= 4 is 15.9 Å². The van der Waals surface area contributed by atoms with Gasteiger partial charge in [0.1, 0.15) is 10.9 Å². The molecule has 21 heavy (non-hydrogen) atoms. The van der Waals surface area contributed by atoms with E-state index >= 15 is 0 Å². The van der Waals surface area contributed by atoms with Gasteiger partial charge in [-0.2, -0.15) is 4.31 Å². The first-order chi connectivity index (χ1) is 10.1. The van der Waals surface area contributed by atoms with Crippen LogP contribution in [0.4, 0.5) is 0 Å². The Hall–Kier alpha value is -1.51. The van der Waals surface area contributed by atoms with Crippen LogP contribution in [-0.4, -0.2) is 67.3 Å². The second-order valence-electron chi connectivity index (χ2n) is 5.25. The first kappa shape index (κ1) is 14.4. The Balaban J connectivity index is 1.87. The SMILES string of the molecule is O=C1NCCN2CCCN(S(=O)(=O)c3cccnc3)CC12. The van der Waals surface area contributed by atoms with Crippen LogP contribution >= 0.6 is 0 Å². The zero-order valence-corrected chi connectivity index (χ0v) is 12.4. The van der Waals surface area contributed by atoms with Gasteiger partial charge in [-0.15, -0.1) is 0 Å². The van der Waals surface area contributed by atoms with Crippen molar-refractivity contribution < 1.29 is 13.2 Å². The molecule has 3 heterocycles. The van der Waals surface area contributed by atoms with Crippen molar-refractivity contribution in [2.75, 3.05) is 32.7 Å². The highest BCUT2D eigenvalue weighted by Gasteiger charge is 2.37. The van der Waals surface area contributed by atoms with Crippen molar-refractivity contribution in [2.24, 2.45) is 0 Å². The second kappa shape index (κ2) is 5.70. The molecular formula is C13H18N4O3S. The number of hydrogen-bond donors (Lipinski definition) is 1. The summed E-state index contributed by atoms with van der Waals surface area (Å²) in [7, 11) is -3.60. The summed E-state index contributed by atoms with van der Waals surface area (Å²) in [5.41, 5.74) is 0. The first-order valence-corrected chi connectivity index (χ1v) is 8.45. The molecule has 1 amide bonds. The topological polar surface area (TPSA) is 82.6 Å². The fourth-order valence-electron chi connectivity index (χ4n) is 2.83. The number of aromatic nitrogens is 1. The molecule has 0 bridgehead atoms. The summed E-state index contributed by atoms with van der Waals surface area (Å²) >= 11 is 0. The Morgan fingerprint density at radius 1 is 1.29 bits per heavy atom. The fourth-order valence-corrected chi connectivity index (χ4v) is 4.28. The van der Waals surface area contributed by atoms with Crippen LogP contribution in [0.25, 0.3) is 0 Å². The smallest absolute Gasteiger partial charge is 0.244 e. The third-order valence-electron chi connectivity index (χ3n) is 3.94. The highest BCUT2D eigenvalue weighted by atomic mass is 32.2.